The summed E-state index contributed by atoms with van der Waals surface area (Å²) in [5.74, 6) is 0.312. The van der Waals surface area contributed by atoms with Crippen LogP contribution in [0.25, 0.3) is 0 Å². The number of nitrogens with one attached hydrogen (secondary N) is 1. The molecule has 4 nitrogen and oxygen atoms in total. The fourth-order valence-corrected chi connectivity index (χ4v) is 4.06. The van der Waals surface area contributed by atoms with Crippen LogP contribution in [0.2, 0.25) is 0 Å². The molecule has 148 valence electrons. The van der Waals surface area contributed by atoms with E-state index in [9.17, 15) is 4.79 Å². The van der Waals surface area contributed by atoms with Crippen molar-refractivity contribution < 1.29 is 4.79 Å². The van der Waals surface area contributed by atoms with E-state index >= 15 is 0 Å². The van der Waals surface area contributed by atoms with E-state index in [-0.39, 0.29) is 36.8 Å². The Bertz CT molecular complexity index is 544. The zero-order valence-electron chi connectivity index (χ0n) is 15.5. The van der Waals surface area contributed by atoms with Crippen molar-refractivity contribution in [2.24, 2.45) is 11.7 Å². The highest BCUT2D eigenvalue weighted by molar-refractivity contribution is 5.94. The summed E-state index contributed by atoms with van der Waals surface area (Å²) in [6.45, 7) is 3.34. The monoisotopic (exact) mass is 401 g/mol. The van der Waals surface area contributed by atoms with Crippen LogP contribution in [0.4, 0.5) is 5.69 Å². The van der Waals surface area contributed by atoms with Crippen LogP contribution in [-0.2, 0) is 11.3 Å². The fraction of sp³-hybridized carbons (Fsp3) is 0.650. The average Bonchev–Trinajstić information content (AvgIpc) is 2.63. The molecule has 26 heavy (non-hydrogen) atoms. The van der Waals surface area contributed by atoms with Crippen LogP contribution in [0.5, 0.6) is 0 Å². The Balaban J connectivity index is 0.00000169. The third kappa shape index (κ3) is 6.73. The zero-order chi connectivity index (χ0) is 16.8. The maximum absolute atomic E-state index is 12.5. The molecule has 6 heteroatoms. The van der Waals surface area contributed by atoms with E-state index in [2.05, 4.69) is 22.3 Å². The zero-order valence-corrected chi connectivity index (χ0v) is 17.1. The van der Waals surface area contributed by atoms with Gasteiger partial charge in [0.1, 0.15) is 0 Å². The number of nitrogens with two attached hydrogens (primary N) is 1. The summed E-state index contributed by atoms with van der Waals surface area (Å²) in [5.41, 5.74) is 8.35. The topological polar surface area (TPSA) is 58.4 Å². The lowest BCUT2D eigenvalue weighted by Crippen LogP contribution is -2.42. The minimum absolute atomic E-state index is 0. The molecule has 1 aliphatic heterocycles. The highest BCUT2D eigenvalue weighted by atomic mass is 35.5. The van der Waals surface area contributed by atoms with Crippen LogP contribution >= 0.6 is 24.8 Å². The number of amides is 1. The van der Waals surface area contributed by atoms with Gasteiger partial charge in [-0.3, -0.25) is 9.69 Å². The molecule has 1 amide bonds. The Morgan fingerprint density at radius 2 is 1.73 bits per heavy atom. The van der Waals surface area contributed by atoms with Crippen LogP contribution in [0.15, 0.2) is 24.3 Å². The predicted octanol–water partition coefficient (Wildman–Crippen LogP) is 4.36. The Hall–Kier alpha value is -0.810. The lowest BCUT2D eigenvalue weighted by atomic mass is 9.84. The molecule has 1 aromatic carbocycles. The summed E-state index contributed by atoms with van der Waals surface area (Å²) in [6.07, 6.45) is 9.81. The van der Waals surface area contributed by atoms with Gasteiger partial charge in [-0.1, -0.05) is 37.8 Å². The van der Waals surface area contributed by atoms with Crippen LogP contribution in [0, 0.1) is 5.92 Å². The molecule has 1 aliphatic carbocycles. The number of halogens is 2. The number of hydrogen-bond donors (Lipinski definition) is 2. The number of benzene rings is 1. The minimum atomic E-state index is -0.379. The lowest BCUT2D eigenvalue weighted by Gasteiger charge is -2.27. The summed E-state index contributed by atoms with van der Waals surface area (Å²) >= 11 is 0. The number of piperidine rings is 1. The number of anilines is 1. The molecule has 0 spiro atoms. The quantitative estimate of drug-likeness (QED) is 0.769. The SMILES string of the molecule is Cl.Cl.N[C@H](C(=O)Nc1cccc(CN2CCCCC2)c1)C1CCCCC1. The van der Waals surface area contributed by atoms with Crippen molar-refractivity contribution >= 4 is 36.4 Å². The summed E-state index contributed by atoms with van der Waals surface area (Å²) in [5, 5.41) is 3.03. The summed E-state index contributed by atoms with van der Waals surface area (Å²) in [4.78, 5) is 15.0. The van der Waals surface area contributed by atoms with E-state index in [4.69, 9.17) is 5.73 Å². The van der Waals surface area contributed by atoms with Crippen molar-refractivity contribution in [1.29, 1.82) is 0 Å². The number of carbonyl (C=O) groups is 1. The lowest BCUT2D eigenvalue weighted by molar-refractivity contribution is -0.118. The molecule has 2 aliphatic rings. The first kappa shape index (κ1) is 23.2. The second-order valence-electron chi connectivity index (χ2n) is 7.45. The minimum Gasteiger partial charge on any atom is -0.325 e. The van der Waals surface area contributed by atoms with E-state index in [1.165, 1.54) is 57.2 Å². The van der Waals surface area contributed by atoms with Gasteiger partial charge in [0, 0.05) is 12.2 Å². The van der Waals surface area contributed by atoms with E-state index in [0.29, 0.717) is 5.92 Å². The number of hydrogen-bond acceptors (Lipinski definition) is 3. The van der Waals surface area contributed by atoms with Crippen molar-refractivity contribution in [1.82, 2.24) is 4.90 Å². The maximum Gasteiger partial charge on any atom is 0.241 e. The Labute approximate surface area is 170 Å². The summed E-state index contributed by atoms with van der Waals surface area (Å²) in [6, 6.07) is 7.86. The maximum atomic E-state index is 12.5. The first-order valence-corrected chi connectivity index (χ1v) is 9.60. The van der Waals surface area contributed by atoms with E-state index < -0.39 is 0 Å². The molecule has 0 radical (unpaired) electrons. The van der Waals surface area contributed by atoms with Gasteiger partial charge in [-0.15, -0.1) is 24.8 Å². The smallest absolute Gasteiger partial charge is 0.241 e. The Morgan fingerprint density at radius 3 is 2.42 bits per heavy atom. The van der Waals surface area contributed by atoms with Gasteiger partial charge in [0.05, 0.1) is 6.04 Å². The highest BCUT2D eigenvalue weighted by Gasteiger charge is 2.26. The molecule has 3 N–H and O–H groups in total. The van der Waals surface area contributed by atoms with Gasteiger partial charge in [0.25, 0.3) is 0 Å². The predicted molar refractivity (Wildman–Crippen MR) is 113 cm³/mol. The van der Waals surface area contributed by atoms with Crippen LogP contribution in [0.3, 0.4) is 0 Å². The highest BCUT2D eigenvalue weighted by Crippen LogP contribution is 2.26. The second kappa shape index (κ2) is 11.8. The van der Waals surface area contributed by atoms with E-state index in [0.717, 1.165) is 25.1 Å². The first-order valence-electron chi connectivity index (χ1n) is 9.60. The van der Waals surface area contributed by atoms with Crippen molar-refractivity contribution in [2.75, 3.05) is 18.4 Å². The number of likely N-dealkylation sites (tertiary alicyclic amines) is 1. The van der Waals surface area contributed by atoms with Gasteiger partial charge in [-0.2, -0.15) is 0 Å². The van der Waals surface area contributed by atoms with Gasteiger partial charge in [-0.05, 0) is 62.4 Å². The molecule has 0 aromatic heterocycles. The molecule has 1 saturated carbocycles. The van der Waals surface area contributed by atoms with Gasteiger partial charge < -0.3 is 11.1 Å². The second-order valence-corrected chi connectivity index (χ2v) is 7.45. The molecule has 1 aromatic rings. The molecular formula is C20H33Cl2N3O. The van der Waals surface area contributed by atoms with Crippen molar-refractivity contribution in [3.05, 3.63) is 29.8 Å². The van der Waals surface area contributed by atoms with Gasteiger partial charge >= 0.3 is 0 Å². The third-order valence-electron chi connectivity index (χ3n) is 5.51. The molecule has 2 fully saturated rings. The first-order chi connectivity index (χ1) is 11.7. The fourth-order valence-electron chi connectivity index (χ4n) is 4.06. The molecule has 3 rings (SSSR count). The van der Waals surface area contributed by atoms with Crippen LogP contribution in [0.1, 0.15) is 56.9 Å². The van der Waals surface area contributed by atoms with Crippen LogP contribution in [-0.4, -0.2) is 29.9 Å². The van der Waals surface area contributed by atoms with E-state index in [1.807, 2.05) is 12.1 Å². The van der Waals surface area contributed by atoms with Crippen molar-refractivity contribution in [3.63, 3.8) is 0 Å². The van der Waals surface area contributed by atoms with Gasteiger partial charge in [0.2, 0.25) is 5.91 Å². The Kier molecular flexibility index (Phi) is 10.6. The third-order valence-corrected chi connectivity index (χ3v) is 5.51. The molecule has 1 saturated heterocycles. The number of rotatable bonds is 5. The molecule has 0 bridgehead atoms. The largest absolute Gasteiger partial charge is 0.325 e. The molecule has 0 unspecified atom stereocenters. The molecule has 1 atom stereocenters. The Morgan fingerprint density at radius 1 is 1.08 bits per heavy atom. The van der Waals surface area contributed by atoms with Crippen LogP contribution < -0.4 is 11.1 Å². The number of nitrogens with zero attached hydrogens (tertiary/aromatic N) is 1. The van der Waals surface area contributed by atoms with Gasteiger partial charge in [-0.25, -0.2) is 0 Å². The molecule has 1 heterocycles. The average molecular weight is 402 g/mol. The van der Waals surface area contributed by atoms with Crippen molar-refractivity contribution in [3.8, 4) is 0 Å². The summed E-state index contributed by atoms with van der Waals surface area (Å²) in [7, 11) is 0. The standard InChI is InChI=1S/C20H31N3O.2ClH/c21-19(17-9-3-1-4-10-17)20(24)22-18-11-7-8-16(14-18)15-23-12-5-2-6-13-23;;/h7-8,11,14,17,19H,1-6,9-10,12-13,15,21H2,(H,22,24);2*1H/t19-;;/m0../s1. The van der Waals surface area contributed by atoms with Gasteiger partial charge in [0.15, 0.2) is 0 Å². The van der Waals surface area contributed by atoms with Crippen molar-refractivity contribution in [2.45, 2.75) is 64.0 Å². The number of carbonyl (C=O) groups excluding carboxylic acids is 1. The van der Waals surface area contributed by atoms with E-state index in [1.54, 1.807) is 0 Å². The summed E-state index contributed by atoms with van der Waals surface area (Å²) < 4.78 is 0. The normalized spacial score (nSPS) is 19.7. The molecular weight excluding hydrogens is 369 g/mol.